The molecule has 0 aliphatic heterocycles. The molecule has 1 aromatic carbocycles. The molecule has 0 heterocycles. The molecular weight excluding hydrogens is 228 g/mol. The van der Waals surface area contributed by atoms with Gasteiger partial charge in [-0.2, -0.15) is 0 Å². The molecule has 98 valence electrons. The van der Waals surface area contributed by atoms with Crippen molar-refractivity contribution in [1.29, 1.82) is 0 Å². The summed E-state index contributed by atoms with van der Waals surface area (Å²) < 4.78 is 0. The number of rotatable bonds is 5. The molecule has 0 atom stereocenters. The van der Waals surface area contributed by atoms with Gasteiger partial charge in [-0.15, -0.1) is 0 Å². The van der Waals surface area contributed by atoms with E-state index in [4.69, 9.17) is 0 Å². The van der Waals surface area contributed by atoms with E-state index in [1.54, 1.807) is 24.1 Å². The number of nitrogens with zero attached hydrogens (tertiary/aromatic N) is 1. The first kappa shape index (κ1) is 14.2. The van der Waals surface area contributed by atoms with Gasteiger partial charge in [0.05, 0.1) is 5.54 Å². The topological polar surface area (TPSA) is 49.4 Å². The van der Waals surface area contributed by atoms with Crippen LogP contribution in [0.5, 0.6) is 0 Å². The molecule has 0 saturated heterocycles. The minimum atomic E-state index is -0.387. The maximum absolute atomic E-state index is 11.6. The smallest absolute Gasteiger partial charge is 0.251 e. The molecule has 0 bridgehead atoms. The van der Waals surface area contributed by atoms with Crippen molar-refractivity contribution in [3.8, 4) is 0 Å². The molecule has 0 spiro atoms. The summed E-state index contributed by atoms with van der Waals surface area (Å²) in [7, 11) is 1.74. The van der Waals surface area contributed by atoms with Crippen molar-refractivity contribution in [2.75, 3.05) is 13.6 Å². The zero-order valence-corrected chi connectivity index (χ0v) is 11.4. The largest absolute Gasteiger partial charge is 0.352 e. The van der Waals surface area contributed by atoms with Crippen LogP contribution in [0.1, 0.15) is 36.7 Å². The summed E-state index contributed by atoms with van der Waals surface area (Å²) in [6.45, 7) is 6.42. The second-order valence-corrected chi connectivity index (χ2v) is 4.71. The van der Waals surface area contributed by atoms with Crippen LogP contribution in [-0.4, -0.2) is 30.8 Å². The predicted octanol–water partition coefficient (Wildman–Crippen LogP) is 1.76. The van der Waals surface area contributed by atoms with Gasteiger partial charge in [0.2, 0.25) is 6.41 Å². The summed E-state index contributed by atoms with van der Waals surface area (Å²) >= 11 is 0. The Morgan fingerprint density at radius 2 is 1.89 bits per heavy atom. The quantitative estimate of drug-likeness (QED) is 0.807. The van der Waals surface area contributed by atoms with Crippen molar-refractivity contribution in [2.24, 2.45) is 0 Å². The highest BCUT2D eigenvalue weighted by Crippen LogP contribution is 2.25. The molecule has 0 radical (unpaired) electrons. The second kappa shape index (κ2) is 5.67. The molecule has 0 saturated carbocycles. The minimum absolute atomic E-state index is 0.0781. The molecule has 1 aromatic rings. The number of amides is 2. The van der Waals surface area contributed by atoms with Crippen molar-refractivity contribution >= 4 is 12.3 Å². The molecule has 18 heavy (non-hydrogen) atoms. The van der Waals surface area contributed by atoms with Crippen LogP contribution in [-0.2, 0) is 10.3 Å². The SMILES string of the molecule is CCNC(=O)c1ccc(C(C)(C)N(C)C=O)cc1. The third kappa shape index (κ3) is 2.88. The van der Waals surface area contributed by atoms with Crippen LogP contribution in [0.25, 0.3) is 0 Å². The molecule has 2 amide bonds. The number of nitrogens with one attached hydrogen (secondary N) is 1. The summed E-state index contributed by atoms with van der Waals surface area (Å²) in [5.41, 5.74) is 1.23. The highest BCUT2D eigenvalue weighted by atomic mass is 16.1. The molecule has 4 heteroatoms. The monoisotopic (exact) mass is 248 g/mol. The molecule has 4 nitrogen and oxygen atoms in total. The van der Waals surface area contributed by atoms with Gasteiger partial charge in [-0.05, 0) is 38.5 Å². The van der Waals surface area contributed by atoms with Gasteiger partial charge in [0.15, 0.2) is 0 Å². The number of carbonyl (C=O) groups excluding carboxylic acids is 2. The summed E-state index contributed by atoms with van der Waals surface area (Å²) in [6, 6.07) is 7.32. The minimum Gasteiger partial charge on any atom is -0.352 e. The third-order valence-corrected chi connectivity index (χ3v) is 3.23. The summed E-state index contributed by atoms with van der Waals surface area (Å²) in [4.78, 5) is 24.1. The van der Waals surface area contributed by atoms with Crippen LogP contribution in [0.4, 0.5) is 0 Å². The first-order chi connectivity index (χ1) is 8.43. The Balaban J connectivity index is 2.95. The van der Waals surface area contributed by atoms with Gasteiger partial charge in [0.1, 0.15) is 0 Å². The normalized spacial score (nSPS) is 10.9. The zero-order chi connectivity index (χ0) is 13.8. The van der Waals surface area contributed by atoms with Crippen molar-refractivity contribution in [2.45, 2.75) is 26.3 Å². The third-order valence-electron chi connectivity index (χ3n) is 3.23. The lowest BCUT2D eigenvalue weighted by Crippen LogP contribution is -2.37. The van der Waals surface area contributed by atoms with Gasteiger partial charge in [-0.3, -0.25) is 9.59 Å². The maximum atomic E-state index is 11.6. The molecule has 0 fully saturated rings. The van der Waals surface area contributed by atoms with Crippen molar-refractivity contribution in [3.63, 3.8) is 0 Å². The lowest BCUT2D eigenvalue weighted by Gasteiger charge is -2.33. The number of carbonyl (C=O) groups is 2. The van der Waals surface area contributed by atoms with Gasteiger partial charge in [0.25, 0.3) is 5.91 Å². The fraction of sp³-hybridized carbons (Fsp3) is 0.429. The predicted molar refractivity (Wildman–Crippen MR) is 71.3 cm³/mol. The Labute approximate surface area is 108 Å². The van der Waals surface area contributed by atoms with E-state index in [9.17, 15) is 9.59 Å². The van der Waals surface area contributed by atoms with Gasteiger partial charge in [0, 0.05) is 19.2 Å². The van der Waals surface area contributed by atoms with E-state index < -0.39 is 0 Å². The van der Waals surface area contributed by atoms with Crippen LogP contribution >= 0.6 is 0 Å². The highest BCUT2D eigenvalue weighted by Gasteiger charge is 2.24. The Bertz CT molecular complexity index is 424. The van der Waals surface area contributed by atoms with E-state index in [0.717, 1.165) is 12.0 Å². The fourth-order valence-electron chi connectivity index (χ4n) is 1.63. The Morgan fingerprint density at radius 1 is 1.33 bits per heavy atom. The van der Waals surface area contributed by atoms with Crippen LogP contribution in [0.2, 0.25) is 0 Å². The second-order valence-electron chi connectivity index (χ2n) is 4.71. The lowest BCUT2D eigenvalue weighted by atomic mass is 9.92. The van der Waals surface area contributed by atoms with Gasteiger partial charge in [-0.25, -0.2) is 0 Å². The summed E-state index contributed by atoms with van der Waals surface area (Å²) in [5, 5.41) is 2.75. The summed E-state index contributed by atoms with van der Waals surface area (Å²) in [5.74, 6) is -0.0781. The molecule has 0 unspecified atom stereocenters. The number of hydrogen-bond donors (Lipinski definition) is 1. The van der Waals surface area contributed by atoms with Crippen LogP contribution < -0.4 is 5.32 Å². The van der Waals surface area contributed by atoms with Crippen LogP contribution in [0.15, 0.2) is 24.3 Å². The first-order valence-corrected chi connectivity index (χ1v) is 6.00. The number of hydrogen-bond acceptors (Lipinski definition) is 2. The highest BCUT2D eigenvalue weighted by molar-refractivity contribution is 5.94. The Hall–Kier alpha value is -1.84. The maximum Gasteiger partial charge on any atom is 0.251 e. The fourth-order valence-corrected chi connectivity index (χ4v) is 1.63. The average Bonchev–Trinajstić information content (AvgIpc) is 2.38. The molecule has 0 aromatic heterocycles. The average molecular weight is 248 g/mol. The molecular formula is C14H20N2O2. The Morgan fingerprint density at radius 3 is 2.33 bits per heavy atom. The van der Waals surface area contributed by atoms with E-state index in [0.29, 0.717) is 12.1 Å². The summed E-state index contributed by atoms with van der Waals surface area (Å²) in [6.07, 6.45) is 0.803. The molecule has 0 aliphatic rings. The van der Waals surface area contributed by atoms with Crippen molar-refractivity contribution < 1.29 is 9.59 Å². The molecule has 1 N–H and O–H groups in total. The standard InChI is InChI=1S/C14H20N2O2/c1-5-15-13(18)11-6-8-12(9-7-11)14(2,3)16(4)10-17/h6-10H,5H2,1-4H3,(H,15,18). The van der Waals surface area contributed by atoms with E-state index in [-0.39, 0.29) is 11.4 Å². The van der Waals surface area contributed by atoms with Crippen LogP contribution in [0.3, 0.4) is 0 Å². The van der Waals surface area contributed by atoms with E-state index in [1.165, 1.54) is 0 Å². The van der Waals surface area contributed by atoms with Crippen molar-refractivity contribution in [3.05, 3.63) is 35.4 Å². The van der Waals surface area contributed by atoms with Gasteiger partial charge in [-0.1, -0.05) is 12.1 Å². The van der Waals surface area contributed by atoms with Gasteiger partial charge < -0.3 is 10.2 Å². The van der Waals surface area contributed by atoms with E-state index in [2.05, 4.69) is 5.32 Å². The Kier molecular flexibility index (Phi) is 4.48. The van der Waals surface area contributed by atoms with Crippen LogP contribution in [0, 0.1) is 0 Å². The van der Waals surface area contributed by atoms with Gasteiger partial charge >= 0.3 is 0 Å². The molecule has 1 rings (SSSR count). The lowest BCUT2D eigenvalue weighted by molar-refractivity contribution is -0.121. The first-order valence-electron chi connectivity index (χ1n) is 6.00. The van der Waals surface area contributed by atoms with E-state index >= 15 is 0 Å². The zero-order valence-electron chi connectivity index (χ0n) is 11.4. The van der Waals surface area contributed by atoms with Crippen molar-refractivity contribution in [1.82, 2.24) is 10.2 Å². The van der Waals surface area contributed by atoms with E-state index in [1.807, 2.05) is 32.9 Å². The molecule has 0 aliphatic carbocycles. The number of benzene rings is 1.